The number of fused-ring (bicyclic) bond motifs is 1. The summed E-state index contributed by atoms with van der Waals surface area (Å²) in [6.07, 6.45) is 37.3. The smallest absolute Gasteiger partial charge is 0.190 e. The molecule has 0 aliphatic rings. The van der Waals surface area contributed by atoms with E-state index >= 15 is 0 Å². The first-order valence-electron chi connectivity index (χ1n) is 19.4. The molecule has 0 amide bonds. The molecule has 4 heteroatoms. The molecule has 3 nitrogen and oxygen atoms in total. The Kier molecular flexibility index (Phi) is 22.8. The summed E-state index contributed by atoms with van der Waals surface area (Å²) < 4.78 is 4.71. The van der Waals surface area contributed by atoms with Crippen molar-refractivity contribution in [2.24, 2.45) is 0 Å². The maximum atomic E-state index is 13.1. The van der Waals surface area contributed by atoms with Crippen LogP contribution in [0.4, 0.5) is 0 Å². The van der Waals surface area contributed by atoms with Gasteiger partial charge in [-0.2, -0.15) is 0 Å². The minimum atomic E-state index is 0. The number of aryl methyl sites for hydroxylation is 2. The van der Waals surface area contributed by atoms with Crippen molar-refractivity contribution in [3.05, 3.63) is 65.1 Å². The molecular formula is C42H67BrN2O. The molecule has 0 fully saturated rings. The van der Waals surface area contributed by atoms with E-state index in [1.54, 1.807) is 0 Å². The molecule has 1 aromatic carbocycles. The molecule has 0 N–H and O–H groups in total. The Morgan fingerprint density at radius 2 is 0.978 bits per heavy atom. The maximum Gasteiger partial charge on any atom is 0.190 e. The average Bonchev–Trinajstić information content (AvgIpc) is 3.07. The van der Waals surface area contributed by atoms with E-state index in [1.807, 2.05) is 18.2 Å². The molecule has 0 bridgehead atoms. The van der Waals surface area contributed by atoms with Crippen LogP contribution < -0.4 is 27.0 Å². The zero-order valence-corrected chi connectivity index (χ0v) is 31.3. The molecule has 0 unspecified atom stereocenters. The van der Waals surface area contributed by atoms with Gasteiger partial charge in [0.15, 0.2) is 17.8 Å². The van der Waals surface area contributed by atoms with Crippen molar-refractivity contribution >= 4 is 10.9 Å². The van der Waals surface area contributed by atoms with Crippen LogP contribution in [0, 0.1) is 0 Å². The van der Waals surface area contributed by atoms with Crippen LogP contribution in [-0.4, -0.2) is 4.57 Å². The van der Waals surface area contributed by atoms with Crippen molar-refractivity contribution in [2.45, 2.75) is 181 Å². The Labute approximate surface area is 293 Å². The lowest BCUT2D eigenvalue weighted by Gasteiger charge is -2.17. The Balaban J connectivity index is 0.00000736. The van der Waals surface area contributed by atoms with Gasteiger partial charge in [-0.15, -0.1) is 0 Å². The molecule has 0 aliphatic carbocycles. The van der Waals surface area contributed by atoms with Crippen molar-refractivity contribution in [1.29, 1.82) is 0 Å². The summed E-state index contributed by atoms with van der Waals surface area (Å²) in [7, 11) is 0. The normalized spacial score (nSPS) is 11.3. The third-order valence-electron chi connectivity index (χ3n) is 9.71. The minimum Gasteiger partial charge on any atom is -1.00 e. The number of hydrogen-bond acceptors (Lipinski definition) is 1. The van der Waals surface area contributed by atoms with E-state index in [9.17, 15) is 4.79 Å². The average molecular weight is 696 g/mol. The van der Waals surface area contributed by atoms with Gasteiger partial charge in [-0.05, 0) is 25.0 Å². The third-order valence-corrected chi connectivity index (χ3v) is 9.71. The van der Waals surface area contributed by atoms with Crippen LogP contribution >= 0.6 is 0 Å². The highest BCUT2D eigenvalue weighted by Crippen LogP contribution is 2.23. The van der Waals surface area contributed by atoms with Crippen LogP contribution in [0.2, 0.25) is 0 Å². The van der Waals surface area contributed by atoms with E-state index in [0.29, 0.717) is 0 Å². The number of nitrogens with zero attached hydrogens (tertiary/aromatic N) is 2. The van der Waals surface area contributed by atoms with Gasteiger partial charge in [0.2, 0.25) is 0 Å². The quantitative estimate of drug-likeness (QED) is 0.0577. The van der Waals surface area contributed by atoms with Crippen LogP contribution in [0.25, 0.3) is 22.2 Å². The van der Waals surface area contributed by atoms with Gasteiger partial charge < -0.3 is 21.5 Å². The van der Waals surface area contributed by atoms with E-state index < -0.39 is 0 Å². The number of unbranched alkanes of at least 4 members (excludes halogenated alkanes) is 22. The summed E-state index contributed by atoms with van der Waals surface area (Å²) in [6, 6.07) is 14.4. The Morgan fingerprint density at radius 3 is 1.48 bits per heavy atom. The van der Waals surface area contributed by atoms with Gasteiger partial charge in [-0.1, -0.05) is 161 Å². The van der Waals surface area contributed by atoms with Gasteiger partial charge in [0, 0.05) is 42.1 Å². The zero-order chi connectivity index (χ0) is 31.8. The summed E-state index contributed by atoms with van der Waals surface area (Å²) in [6.45, 7) is 6.61. The van der Waals surface area contributed by atoms with Crippen molar-refractivity contribution in [3.63, 3.8) is 0 Å². The molecule has 2 aromatic heterocycles. The Hall–Kier alpha value is -1.94. The number of benzene rings is 1. The molecule has 258 valence electrons. The molecule has 2 heterocycles. The highest BCUT2D eigenvalue weighted by molar-refractivity contribution is 5.82. The second-order valence-corrected chi connectivity index (χ2v) is 13.7. The molecular weight excluding hydrogens is 628 g/mol. The SMILES string of the molecule is CCCCCCCCCCCCCCn1c(-c2cc[n+](CCCCCCCCCCCCCC)cc2)cc(=O)c2ccccc21.[Br-]. The van der Waals surface area contributed by atoms with Crippen molar-refractivity contribution in [3.8, 4) is 11.3 Å². The second kappa shape index (κ2) is 26.1. The topological polar surface area (TPSA) is 25.9 Å². The lowest BCUT2D eigenvalue weighted by molar-refractivity contribution is -0.697. The van der Waals surface area contributed by atoms with Crippen molar-refractivity contribution < 1.29 is 21.5 Å². The van der Waals surface area contributed by atoms with E-state index in [0.717, 1.165) is 41.7 Å². The third kappa shape index (κ3) is 15.8. The fraction of sp³-hybridized carbons (Fsp3) is 0.667. The first-order chi connectivity index (χ1) is 22.2. The number of aromatic nitrogens is 2. The van der Waals surface area contributed by atoms with Crippen LogP contribution in [0.5, 0.6) is 0 Å². The summed E-state index contributed by atoms with van der Waals surface area (Å²) in [5, 5.41) is 0.832. The van der Waals surface area contributed by atoms with Gasteiger partial charge >= 0.3 is 0 Å². The predicted octanol–water partition coefficient (Wildman–Crippen LogP) is 9.36. The fourth-order valence-electron chi connectivity index (χ4n) is 6.83. The zero-order valence-electron chi connectivity index (χ0n) is 29.8. The minimum absolute atomic E-state index is 0. The van der Waals surface area contributed by atoms with Crippen LogP contribution in [-0.2, 0) is 13.1 Å². The maximum absolute atomic E-state index is 13.1. The molecule has 46 heavy (non-hydrogen) atoms. The first kappa shape index (κ1) is 40.2. The monoisotopic (exact) mass is 694 g/mol. The summed E-state index contributed by atoms with van der Waals surface area (Å²) in [4.78, 5) is 13.1. The van der Waals surface area contributed by atoms with Gasteiger partial charge in [0.1, 0.15) is 6.54 Å². The molecule has 0 aliphatic heterocycles. The Morgan fingerprint density at radius 1 is 0.543 bits per heavy atom. The second-order valence-electron chi connectivity index (χ2n) is 13.7. The van der Waals surface area contributed by atoms with E-state index in [4.69, 9.17) is 0 Å². The summed E-state index contributed by atoms with van der Waals surface area (Å²) >= 11 is 0. The molecule has 0 saturated heterocycles. The number of halogens is 1. The molecule has 3 aromatic rings. The highest BCUT2D eigenvalue weighted by Gasteiger charge is 2.12. The number of para-hydroxylation sites is 1. The lowest BCUT2D eigenvalue weighted by atomic mass is 10.0. The number of hydrogen-bond donors (Lipinski definition) is 0. The van der Waals surface area contributed by atoms with Crippen LogP contribution in [0.15, 0.2) is 59.7 Å². The van der Waals surface area contributed by atoms with E-state index in [2.05, 4.69) is 59.6 Å². The predicted molar refractivity (Wildman–Crippen MR) is 196 cm³/mol. The molecule has 0 spiro atoms. The van der Waals surface area contributed by atoms with E-state index in [1.165, 1.54) is 148 Å². The van der Waals surface area contributed by atoms with Crippen molar-refractivity contribution in [1.82, 2.24) is 4.57 Å². The molecule has 0 atom stereocenters. The largest absolute Gasteiger partial charge is 1.00 e. The highest BCUT2D eigenvalue weighted by atomic mass is 79.9. The van der Waals surface area contributed by atoms with Crippen LogP contribution in [0.1, 0.15) is 168 Å². The first-order valence-corrected chi connectivity index (χ1v) is 19.4. The van der Waals surface area contributed by atoms with Gasteiger partial charge in [0.05, 0.1) is 11.2 Å². The molecule has 0 radical (unpaired) electrons. The number of rotatable bonds is 27. The van der Waals surface area contributed by atoms with E-state index in [-0.39, 0.29) is 22.4 Å². The summed E-state index contributed by atoms with van der Waals surface area (Å²) in [5.74, 6) is 0. The summed E-state index contributed by atoms with van der Waals surface area (Å²) in [5.41, 5.74) is 3.39. The van der Waals surface area contributed by atoms with Crippen LogP contribution in [0.3, 0.4) is 0 Å². The van der Waals surface area contributed by atoms with Crippen molar-refractivity contribution in [2.75, 3.05) is 0 Å². The van der Waals surface area contributed by atoms with Gasteiger partial charge in [-0.25, -0.2) is 4.57 Å². The molecule has 0 saturated carbocycles. The lowest BCUT2D eigenvalue weighted by Crippen LogP contribution is -3.00. The molecule has 3 rings (SSSR count). The van der Waals surface area contributed by atoms with Gasteiger partial charge in [0.25, 0.3) is 0 Å². The fourth-order valence-corrected chi connectivity index (χ4v) is 6.83. The standard InChI is InChI=1S/C42H67N2O.BrH/c1-3-5-7-9-11-13-15-17-19-21-23-27-33-43-35-31-38(32-36-43)41-37-42(45)39-29-25-26-30-40(39)44(41)34-28-24-22-20-18-16-14-12-10-8-6-4-2;/h25-26,29-32,35-37H,3-24,27-28,33-34H2,1-2H3;1H/q+1;/p-1. The van der Waals surface area contributed by atoms with Gasteiger partial charge in [-0.3, -0.25) is 4.79 Å². The Bertz CT molecular complexity index is 1220. The number of pyridine rings is 2.